The maximum Gasteiger partial charge on any atom is 0.252 e. The Bertz CT molecular complexity index is 1090. The number of anilines is 1. The first-order valence-corrected chi connectivity index (χ1v) is 12.4. The molecule has 1 fully saturated rings. The molecule has 0 radical (unpaired) electrons. The zero-order chi connectivity index (χ0) is 23.5. The molecule has 0 unspecified atom stereocenters. The number of carbonyl (C=O) groups excluding carboxylic acids is 2. The summed E-state index contributed by atoms with van der Waals surface area (Å²) < 4.78 is 27.4. The summed E-state index contributed by atoms with van der Waals surface area (Å²) >= 11 is 6.05. The molecular weight excluding hydrogens is 450 g/mol. The molecule has 0 saturated carbocycles. The van der Waals surface area contributed by atoms with Gasteiger partial charge in [0.15, 0.2) is 0 Å². The number of rotatable bonds is 6. The molecule has 1 heterocycles. The predicted octanol–water partition coefficient (Wildman–Crippen LogP) is 3.86. The number of nitrogens with one attached hydrogen (secondary N) is 2. The summed E-state index contributed by atoms with van der Waals surface area (Å²) in [5.41, 5.74) is 1.83. The van der Waals surface area contributed by atoms with Crippen LogP contribution in [-0.4, -0.2) is 44.7 Å². The first-order valence-electron chi connectivity index (χ1n) is 10.6. The van der Waals surface area contributed by atoms with Crippen molar-refractivity contribution in [1.82, 2.24) is 9.62 Å². The number of benzene rings is 2. The van der Waals surface area contributed by atoms with E-state index in [0.717, 1.165) is 5.56 Å². The minimum Gasteiger partial charge on any atom is -0.355 e. The molecule has 0 aromatic heterocycles. The van der Waals surface area contributed by atoms with E-state index in [4.69, 9.17) is 11.6 Å². The van der Waals surface area contributed by atoms with Gasteiger partial charge in [0.05, 0.1) is 15.5 Å². The van der Waals surface area contributed by atoms with Crippen LogP contribution in [0.5, 0.6) is 0 Å². The van der Waals surface area contributed by atoms with Crippen LogP contribution >= 0.6 is 11.6 Å². The van der Waals surface area contributed by atoms with Gasteiger partial charge in [-0.15, -0.1) is 0 Å². The highest BCUT2D eigenvalue weighted by molar-refractivity contribution is 7.89. The van der Waals surface area contributed by atoms with E-state index in [1.165, 1.54) is 17.4 Å². The molecule has 1 aliphatic heterocycles. The number of halogens is 1. The normalized spacial score (nSPS) is 15.5. The van der Waals surface area contributed by atoms with E-state index in [1.54, 1.807) is 24.3 Å². The van der Waals surface area contributed by atoms with Gasteiger partial charge in [0.1, 0.15) is 0 Å². The summed E-state index contributed by atoms with van der Waals surface area (Å²) in [5, 5.41) is 5.62. The molecule has 2 aromatic carbocycles. The topological polar surface area (TPSA) is 95.6 Å². The number of amides is 2. The summed E-state index contributed by atoms with van der Waals surface area (Å²) in [4.78, 5) is 24.9. The number of carbonyl (C=O) groups is 2. The van der Waals surface area contributed by atoms with Crippen molar-refractivity contribution in [1.29, 1.82) is 0 Å². The quantitative estimate of drug-likeness (QED) is 0.660. The van der Waals surface area contributed by atoms with Gasteiger partial charge in [-0.25, -0.2) is 8.42 Å². The third kappa shape index (κ3) is 5.31. The van der Waals surface area contributed by atoms with E-state index in [1.807, 2.05) is 12.1 Å². The van der Waals surface area contributed by atoms with Crippen molar-refractivity contribution in [2.24, 2.45) is 5.92 Å². The fraction of sp³-hybridized carbons (Fsp3) is 0.391. The molecular formula is C23H28ClN3O4S. The Morgan fingerprint density at radius 2 is 1.69 bits per heavy atom. The Labute approximate surface area is 194 Å². The highest BCUT2D eigenvalue weighted by atomic mass is 35.5. The zero-order valence-corrected chi connectivity index (χ0v) is 20.0. The van der Waals surface area contributed by atoms with Gasteiger partial charge in [0.25, 0.3) is 5.91 Å². The van der Waals surface area contributed by atoms with Crippen LogP contribution in [0, 0.1) is 5.92 Å². The molecule has 0 atom stereocenters. The van der Waals surface area contributed by atoms with Crippen molar-refractivity contribution in [3.63, 3.8) is 0 Å². The SMILES string of the molecule is CNC(=O)c1cc(NC(=O)C2CCN(S(=O)(=O)c3ccc(C(C)C)cc3)CC2)ccc1Cl. The van der Waals surface area contributed by atoms with E-state index < -0.39 is 10.0 Å². The van der Waals surface area contributed by atoms with Gasteiger partial charge in [0, 0.05) is 31.7 Å². The molecule has 7 nitrogen and oxygen atoms in total. The Balaban J connectivity index is 1.63. The molecule has 2 N–H and O–H groups in total. The average Bonchev–Trinajstić information content (AvgIpc) is 2.79. The second kappa shape index (κ2) is 10.0. The maximum absolute atomic E-state index is 13.0. The highest BCUT2D eigenvalue weighted by Crippen LogP contribution is 2.27. The first kappa shape index (κ1) is 24.2. The molecule has 0 spiro atoms. The summed E-state index contributed by atoms with van der Waals surface area (Å²) in [5.74, 6) is -0.530. The van der Waals surface area contributed by atoms with Gasteiger partial charge in [-0.1, -0.05) is 37.6 Å². The van der Waals surface area contributed by atoms with Crippen molar-refractivity contribution in [3.05, 3.63) is 58.6 Å². The molecule has 172 valence electrons. The van der Waals surface area contributed by atoms with Gasteiger partial charge >= 0.3 is 0 Å². The van der Waals surface area contributed by atoms with Crippen LogP contribution in [0.3, 0.4) is 0 Å². The molecule has 0 bridgehead atoms. The number of hydrogen-bond acceptors (Lipinski definition) is 4. The van der Waals surface area contributed by atoms with Crippen molar-refractivity contribution in [3.8, 4) is 0 Å². The Morgan fingerprint density at radius 3 is 2.25 bits per heavy atom. The van der Waals surface area contributed by atoms with Gasteiger partial charge in [-0.2, -0.15) is 4.31 Å². The lowest BCUT2D eigenvalue weighted by molar-refractivity contribution is -0.120. The second-order valence-corrected chi connectivity index (χ2v) is 10.5. The number of hydrogen-bond donors (Lipinski definition) is 2. The van der Waals surface area contributed by atoms with E-state index in [0.29, 0.717) is 29.5 Å². The smallest absolute Gasteiger partial charge is 0.252 e. The summed E-state index contributed by atoms with van der Waals surface area (Å²) in [6.07, 6.45) is 0.843. The van der Waals surface area contributed by atoms with Crippen LogP contribution in [0.1, 0.15) is 48.5 Å². The van der Waals surface area contributed by atoms with Crippen molar-refractivity contribution in [2.75, 3.05) is 25.5 Å². The van der Waals surface area contributed by atoms with Crippen molar-refractivity contribution >= 4 is 39.1 Å². The minimum absolute atomic E-state index is 0.200. The lowest BCUT2D eigenvalue weighted by Crippen LogP contribution is -2.41. The largest absolute Gasteiger partial charge is 0.355 e. The zero-order valence-electron chi connectivity index (χ0n) is 18.4. The number of nitrogens with zero attached hydrogens (tertiary/aromatic N) is 1. The van der Waals surface area contributed by atoms with Crippen molar-refractivity contribution < 1.29 is 18.0 Å². The van der Waals surface area contributed by atoms with E-state index in [9.17, 15) is 18.0 Å². The molecule has 1 aliphatic rings. The van der Waals surface area contributed by atoms with E-state index in [2.05, 4.69) is 24.5 Å². The molecule has 2 aromatic rings. The monoisotopic (exact) mass is 477 g/mol. The second-order valence-electron chi connectivity index (χ2n) is 8.17. The van der Waals surface area contributed by atoms with Gasteiger partial charge in [-0.05, 0) is 54.7 Å². The lowest BCUT2D eigenvalue weighted by Gasteiger charge is -2.30. The standard InChI is InChI=1S/C23H28ClN3O4S/c1-15(2)16-4-7-19(8-5-16)32(30,31)27-12-10-17(11-13-27)22(28)26-18-6-9-21(24)20(14-18)23(29)25-3/h4-9,14-15,17H,10-13H2,1-3H3,(H,25,29)(H,26,28). The Hall–Kier alpha value is -2.42. The van der Waals surface area contributed by atoms with Crippen LogP contribution in [-0.2, 0) is 14.8 Å². The van der Waals surface area contributed by atoms with Gasteiger partial charge < -0.3 is 10.6 Å². The van der Waals surface area contributed by atoms with Crippen LogP contribution in [0.15, 0.2) is 47.4 Å². The number of piperidine rings is 1. The molecule has 1 saturated heterocycles. The molecule has 0 aliphatic carbocycles. The number of sulfonamides is 1. The van der Waals surface area contributed by atoms with Crippen LogP contribution in [0.4, 0.5) is 5.69 Å². The summed E-state index contributed by atoms with van der Waals surface area (Å²) in [7, 11) is -2.09. The Kier molecular flexibility index (Phi) is 7.59. The predicted molar refractivity (Wildman–Crippen MR) is 125 cm³/mol. The maximum atomic E-state index is 13.0. The van der Waals surface area contributed by atoms with Gasteiger partial charge in [0.2, 0.25) is 15.9 Å². The molecule has 32 heavy (non-hydrogen) atoms. The van der Waals surface area contributed by atoms with E-state index in [-0.39, 0.29) is 41.3 Å². The molecule has 2 amide bonds. The van der Waals surface area contributed by atoms with Crippen LogP contribution in [0.25, 0.3) is 0 Å². The van der Waals surface area contributed by atoms with Crippen molar-refractivity contribution in [2.45, 2.75) is 37.5 Å². The summed E-state index contributed by atoms with van der Waals surface area (Å²) in [6.45, 7) is 4.67. The summed E-state index contributed by atoms with van der Waals surface area (Å²) in [6, 6.07) is 11.7. The Morgan fingerprint density at radius 1 is 1.06 bits per heavy atom. The third-order valence-electron chi connectivity index (χ3n) is 5.71. The molecule has 9 heteroatoms. The molecule has 3 rings (SSSR count). The highest BCUT2D eigenvalue weighted by Gasteiger charge is 2.32. The lowest BCUT2D eigenvalue weighted by atomic mass is 9.97. The average molecular weight is 478 g/mol. The first-order chi connectivity index (χ1) is 15.1. The third-order valence-corrected chi connectivity index (χ3v) is 7.96. The van der Waals surface area contributed by atoms with Crippen LogP contribution < -0.4 is 10.6 Å². The van der Waals surface area contributed by atoms with Crippen LogP contribution in [0.2, 0.25) is 5.02 Å². The fourth-order valence-electron chi connectivity index (χ4n) is 3.69. The minimum atomic E-state index is -3.59. The van der Waals surface area contributed by atoms with Gasteiger partial charge in [-0.3, -0.25) is 9.59 Å². The van der Waals surface area contributed by atoms with E-state index >= 15 is 0 Å². The fourth-order valence-corrected chi connectivity index (χ4v) is 5.36.